The van der Waals surface area contributed by atoms with Crippen molar-refractivity contribution in [3.05, 3.63) is 76.6 Å². The Hall–Kier alpha value is -4.09. The Morgan fingerprint density at radius 3 is 2.28 bits per heavy atom. The lowest BCUT2D eigenvalue weighted by Crippen LogP contribution is -2.47. The first-order chi connectivity index (χ1) is 21.8. The van der Waals surface area contributed by atoms with Crippen molar-refractivity contribution in [1.29, 1.82) is 0 Å². The van der Waals surface area contributed by atoms with Crippen LogP contribution < -0.4 is 5.32 Å². The molecule has 1 aromatic heterocycles. The summed E-state index contributed by atoms with van der Waals surface area (Å²) in [7, 11) is 0. The van der Waals surface area contributed by atoms with E-state index in [0.717, 1.165) is 30.5 Å². The van der Waals surface area contributed by atoms with Gasteiger partial charge in [-0.15, -0.1) is 10.2 Å². The highest BCUT2D eigenvalue weighted by atomic mass is 19.4. The van der Waals surface area contributed by atoms with Crippen LogP contribution in [0.3, 0.4) is 0 Å². The van der Waals surface area contributed by atoms with Crippen LogP contribution in [-0.2, 0) is 17.5 Å². The molecule has 0 bridgehead atoms. The Bertz CT molecular complexity index is 1570. The predicted molar refractivity (Wildman–Crippen MR) is 174 cm³/mol. The third-order valence-electron chi connectivity index (χ3n) is 9.12. The lowest BCUT2D eigenvalue weighted by Gasteiger charge is -2.41. The maximum Gasteiger partial charge on any atom is 0.416 e. The summed E-state index contributed by atoms with van der Waals surface area (Å²) in [6, 6.07) is 11.5. The van der Waals surface area contributed by atoms with Gasteiger partial charge in [0.2, 0.25) is 0 Å². The summed E-state index contributed by atoms with van der Waals surface area (Å²) < 4.78 is 41.1. The number of carbonyl (C=O) groups is 2. The van der Waals surface area contributed by atoms with Crippen LogP contribution >= 0.6 is 0 Å². The molecule has 0 saturated heterocycles. The van der Waals surface area contributed by atoms with Gasteiger partial charge in [-0.05, 0) is 79.2 Å². The van der Waals surface area contributed by atoms with Crippen molar-refractivity contribution < 1.29 is 22.8 Å². The molecule has 4 rings (SSSR count). The van der Waals surface area contributed by atoms with Gasteiger partial charge < -0.3 is 10.2 Å². The van der Waals surface area contributed by atoms with Crippen molar-refractivity contribution in [2.24, 2.45) is 21.7 Å². The molecule has 3 atom stereocenters. The van der Waals surface area contributed by atoms with E-state index in [1.807, 2.05) is 19.1 Å². The molecule has 2 N–H and O–H groups in total. The fourth-order valence-corrected chi connectivity index (χ4v) is 5.67. The van der Waals surface area contributed by atoms with E-state index in [-0.39, 0.29) is 34.6 Å². The first-order valence-electron chi connectivity index (χ1n) is 16.0. The molecular formula is C35H46F3N7O2. The zero-order valence-electron chi connectivity index (χ0n) is 28.5. The van der Waals surface area contributed by atoms with Gasteiger partial charge in [-0.2, -0.15) is 18.4 Å². The minimum absolute atomic E-state index is 0.0170. The number of aliphatic imine (C=N–C) groups is 1. The highest BCUT2D eigenvalue weighted by Gasteiger charge is 2.48. The summed E-state index contributed by atoms with van der Waals surface area (Å²) in [6.45, 7) is 17.1. The van der Waals surface area contributed by atoms with Crippen molar-refractivity contribution >= 4 is 17.5 Å². The second-order valence-corrected chi connectivity index (χ2v) is 15.0. The van der Waals surface area contributed by atoms with Crippen molar-refractivity contribution in [3.8, 4) is 0 Å². The molecule has 0 saturated carbocycles. The number of carbonyl (C=O) groups excluding carboxylic acids is 2. The zero-order valence-corrected chi connectivity index (χ0v) is 28.5. The fourth-order valence-electron chi connectivity index (χ4n) is 5.67. The molecule has 0 spiro atoms. The van der Waals surface area contributed by atoms with E-state index in [0.29, 0.717) is 30.1 Å². The number of nitrogens with one attached hydrogen (secondary N) is 2. The average molecular weight is 654 g/mol. The van der Waals surface area contributed by atoms with Crippen molar-refractivity contribution in [2.75, 3.05) is 0 Å². The van der Waals surface area contributed by atoms with Gasteiger partial charge in [0.05, 0.1) is 18.2 Å². The van der Waals surface area contributed by atoms with Crippen molar-refractivity contribution in [1.82, 2.24) is 30.8 Å². The number of alkyl halides is 3. The maximum absolute atomic E-state index is 14.5. The molecule has 0 fully saturated rings. The van der Waals surface area contributed by atoms with Crippen molar-refractivity contribution in [2.45, 2.75) is 105 Å². The summed E-state index contributed by atoms with van der Waals surface area (Å²) in [5, 5.41) is 16.3. The fraction of sp³-hybridized carbons (Fsp3) is 0.543. The minimum atomic E-state index is -4.56. The molecule has 254 valence electrons. The second kappa shape index (κ2) is 13.6. The van der Waals surface area contributed by atoms with E-state index >= 15 is 0 Å². The Labute approximate surface area is 274 Å². The van der Waals surface area contributed by atoms with Crippen molar-refractivity contribution in [3.63, 3.8) is 0 Å². The number of nitrogens with zero attached hydrogens (tertiary/aromatic N) is 5. The van der Waals surface area contributed by atoms with Gasteiger partial charge in [0, 0.05) is 11.1 Å². The SMILES string of the molecule is CC(CCC1(C)N=C(c2cccc(C(F)(F)F)c2)C(=O)N1[C@H](CCC(C)(C)C)c1ccc(C(=O)NCc2nn[nH]n2)cc1)C(C)(C)C. The molecule has 0 aliphatic carbocycles. The van der Waals surface area contributed by atoms with Crippen LogP contribution in [0.5, 0.6) is 0 Å². The minimum Gasteiger partial charge on any atom is -0.345 e. The van der Waals surface area contributed by atoms with Gasteiger partial charge in [0.15, 0.2) is 5.82 Å². The monoisotopic (exact) mass is 653 g/mol. The van der Waals surface area contributed by atoms with Gasteiger partial charge in [0.1, 0.15) is 11.4 Å². The molecule has 3 aromatic rings. The number of aromatic amines is 1. The zero-order chi connectivity index (χ0) is 34.8. The normalized spacial score (nSPS) is 18.7. The molecular weight excluding hydrogens is 607 g/mol. The second-order valence-electron chi connectivity index (χ2n) is 15.0. The van der Waals surface area contributed by atoms with Crippen LogP contribution in [0.15, 0.2) is 53.5 Å². The molecule has 12 heteroatoms. The van der Waals surface area contributed by atoms with E-state index in [1.54, 1.807) is 17.0 Å². The smallest absolute Gasteiger partial charge is 0.345 e. The summed E-state index contributed by atoms with van der Waals surface area (Å²) in [6.07, 6.45) is -1.91. The van der Waals surface area contributed by atoms with Gasteiger partial charge >= 0.3 is 6.18 Å². The predicted octanol–water partition coefficient (Wildman–Crippen LogP) is 7.53. The average Bonchev–Trinajstić information content (AvgIpc) is 3.60. The number of benzene rings is 2. The summed E-state index contributed by atoms with van der Waals surface area (Å²) in [5.74, 6) is -0.0826. The molecule has 1 aliphatic rings. The number of hydrogen-bond donors (Lipinski definition) is 2. The molecule has 1 aliphatic heterocycles. The number of rotatable bonds is 11. The number of aromatic nitrogens is 4. The van der Waals surface area contributed by atoms with E-state index in [4.69, 9.17) is 4.99 Å². The maximum atomic E-state index is 14.5. The summed E-state index contributed by atoms with van der Waals surface area (Å²) in [5.41, 5.74) is -0.477. The number of H-pyrrole nitrogens is 1. The van der Waals surface area contributed by atoms with Crippen LogP contribution in [0.2, 0.25) is 0 Å². The van der Waals surface area contributed by atoms with E-state index in [1.165, 1.54) is 12.1 Å². The van der Waals surface area contributed by atoms with Crippen LogP contribution in [0.25, 0.3) is 0 Å². The lowest BCUT2D eigenvalue weighted by atomic mass is 9.78. The third-order valence-corrected chi connectivity index (χ3v) is 9.12. The lowest BCUT2D eigenvalue weighted by molar-refractivity contribution is -0.137. The number of hydrogen-bond acceptors (Lipinski definition) is 6. The molecule has 0 radical (unpaired) electrons. The van der Waals surface area contributed by atoms with Crippen LogP contribution in [0, 0.1) is 16.7 Å². The highest BCUT2D eigenvalue weighted by molar-refractivity contribution is 6.46. The Kier molecular flexibility index (Phi) is 10.3. The van der Waals surface area contributed by atoms with Crippen LogP contribution in [0.1, 0.15) is 120 Å². The quantitative estimate of drug-likeness (QED) is 0.222. The topological polar surface area (TPSA) is 116 Å². The van der Waals surface area contributed by atoms with Gasteiger partial charge in [-0.1, -0.05) is 77.9 Å². The highest BCUT2D eigenvalue weighted by Crippen LogP contribution is 2.44. The summed E-state index contributed by atoms with van der Waals surface area (Å²) >= 11 is 0. The number of amides is 2. The third kappa shape index (κ3) is 8.84. The number of tetrazole rings is 1. The van der Waals surface area contributed by atoms with Gasteiger partial charge in [-0.25, -0.2) is 0 Å². The first-order valence-corrected chi connectivity index (χ1v) is 16.0. The molecule has 2 unspecified atom stereocenters. The van der Waals surface area contributed by atoms with E-state index in [9.17, 15) is 22.8 Å². The standard InChI is InChI=1S/C35H46F3N7O2/c1-22(33(5,6)7)16-19-34(8)40-29(25-10-9-11-26(20-25)35(36,37)38)31(47)45(34)27(17-18-32(2,3)4)23-12-14-24(15-13-23)30(46)39-21-28-41-43-44-42-28/h9-15,20,22,27H,16-19,21H2,1-8H3,(H,39,46)(H,41,42,43,44)/t22?,27-,34?/m1/s1. The van der Waals surface area contributed by atoms with Crippen LogP contribution in [-0.4, -0.2) is 48.7 Å². The largest absolute Gasteiger partial charge is 0.416 e. The van der Waals surface area contributed by atoms with E-state index in [2.05, 4.69) is 74.4 Å². The first kappa shape index (κ1) is 35.8. The summed E-state index contributed by atoms with van der Waals surface area (Å²) in [4.78, 5) is 34.1. The van der Waals surface area contributed by atoms with Crippen LogP contribution in [0.4, 0.5) is 13.2 Å². The Morgan fingerprint density at radius 2 is 1.70 bits per heavy atom. The van der Waals surface area contributed by atoms with Gasteiger partial charge in [-0.3, -0.25) is 14.6 Å². The van der Waals surface area contributed by atoms with Gasteiger partial charge in [0.25, 0.3) is 11.8 Å². The molecule has 2 heterocycles. The van der Waals surface area contributed by atoms with E-state index < -0.39 is 29.4 Å². The Balaban J connectivity index is 1.73. The molecule has 2 amide bonds. The molecule has 2 aromatic carbocycles. The molecule has 9 nitrogen and oxygen atoms in total. The number of halogens is 3. The Morgan fingerprint density at radius 1 is 1.02 bits per heavy atom. The molecule has 47 heavy (non-hydrogen) atoms.